The average Bonchev–Trinajstić information content (AvgIpc) is 2.85. The highest BCUT2D eigenvalue weighted by atomic mass is 35.5. The van der Waals surface area contributed by atoms with E-state index in [4.69, 9.17) is 4.74 Å². The van der Waals surface area contributed by atoms with Gasteiger partial charge in [-0.15, -0.1) is 23.7 Å². The normalized spacial score (nSPS) is 19.6. The molecule has 1 aromatic rings. The Hall–Kier alpha value is -0.620. The fourth-order valence-corrected chi connectivity index (χ4v) is 4.99. The van der Waals surface area contributed by atoms with Gasteiger partial charge in [0.15, 0.2) is 0 Å². The molecule has 1 aliphatic carbocycles. The Morgan fingerprint density at radius 2 is 2.00 bits per heavy atom. The second kappa shape index (κ2) is 7.97. The quantitative estimate of drug-likeness (QED) is 0.868. The Bertz CT molecular complexity index is 548. The number of halogens is 1. The molecule has 0 spiro atoms. The fourth-order valence-electron chi connectivity index (χ4n) is 3.70. The van der Waals surface area contributed by atoms with Crippen molar-refractivity contribution in [1.29, 1.82) is 0 Å². The van der Waals surface area contributed by atoms with Gasteiger partial charge in [0.1, 0.15) is 0 Å². The fraction of sp³-hybridized carbons (Fsp3) is 0.706. The van der Waals surface area contributed by atoms with E-state index in [2.05, 4.69) is 17.6 Å². The van der Waals surface area contributed by atoms with Gasteiger partial charge in [-0.3, -0.25) is 4.79 Å². The van der Waals surface area contributed by atoms with Crippen LogP contribution < -0.4 is 10.6 Å². The van der Waals surface area contributed by atoms with Gasteiger partial charge >= 0.3 is 0 Å². The first-order valence-corrected chi connectivity index (χ1v) is 9.10. The van der Waals surface area contributed by atoms with E-state index in [1.54, 1.807) is 18.4 Å². The van der Waals surface area contributed by atoms with Crippen molar-refractivity contribution in [2.24, 2.45) is 5.41 Å². The smallest absolute Gasteiger partial charge is 0.233 e. The molecular formula is C17H27ClN2O2S. The van der Waals surface area contributed by atoms with Crippen molar-refractivity contribution in [3.05, 3.63) is 16.0 Å². The lowest BCUT2D eigenvalue weighted by atomic mass is 9.78. The van der Waals surface area contributed by atoms with Gasteiger partial charge in [0.25, 0.3) is 0 Å². The third-order valence-electron chi connectivity index (χ3n) is 5.13. The largest absolute Gasteiger partial charge is 0.384 e. The number of rotatable bonds is 4. The number of amides is 1. The van der Waals surface area contributed by atoms with E-state index < -0.39 is 0 Å². The van der Waals surface area contributed by atoms with E-state index in [1.165, 1.54) is 41.7 Å². The first-order chi connectivity index (χ1) is 10.7. The second-order valence-corrected chi connectivity index (χ2v) is 7.69. The molecule has 130 valence electrons. The van der Waals surface area contributed by atoms with Crippen molar-refractivity contribution in [2.45, 2.75) is 45.4 Å². The molecule has 0 radical (unpaired) electrons. The van der Waals surface area contributed by atoms with Gasteiger partial charge in [0.05, 0.1) is 17.0 Å². The highest BCUT2D eigenvalue weighted by Gasteiger charge is 2.40. The van der Waals surface area contributed by atoms with Gasteiger partial charge in [-0.2, -0.15) is 0 Å². The Kier molecular flexibility index (Phi) is 6.48. The lowest BCUT2D eigenvalue weighted by molar-refractivity contribution is -0.130. The van der Waals surface area contributed by atoms with Crippen LogP contribution in [0, 0.1) is 12.3 Å². The monoisotopic (exact) mass is 358 g/mol. The summed E-state index contributed by atoms with van der Waals surface area (Å²) in [6, 6.07) is 0. The summed E-state index contributed by atoms with van der Waals surface area (Å²) < 4.78 is 5.37. The highest BCUT2D eigenvalue weighted by molar-refractivity contribution is 7.16. The number of methoxy groups -OCH3 is 1. The number of hydrogen-bond acceptors (Lipinski definition) is 4. The van der Waals surface area contributed by atoms with E-state index in [0.717, 1.165) is 30.9 Å². The minimum atomic E-state index is -0.378. The number of aryl methyl sites for hydroxylation is 1. The van der Waals surface area contributed by atoms with Gasteiger partial charge < -0.3 is 15.4 Å². The summed E-state index contributed by atoms with van der Waals surface area (Å²) in [5.74, 6) is 0.137. The summed E-state index contributed by atoms with van der Waals surface area (Å²) in [7, 11) is 1.69. The minimum absolute atomic E-state index is 0. The van der Waals surface area contributed by atoms with Crippen molar-refractivity contribution in [2.75, 3.05) is 32.1 Å². The predicted octanol–water partition coefficient (Wildman–Crippen LogP) is 3.31. The summed E-state index contributed by atoms with van der Waals surface area (Å²) in [4.78, 5) is 14.4. The molecule has 1 aromatic heterocycles. The maximum Gasteiger partial charge on any atom is 0.233 e. The van der Waals surface area contributed by atoms with Gasteiger partial charge in [0.2, 0.25) is 5.91 Å². The number of anilines is 1. The lowest BCUT2D eigenvalue weighted by Crippen LogP contribution is -2.47. The maximum absolute atomic E-state index is 12.9. The molecule has 2 aliphatic rings. The van der Waals surface area contributed by atoms with E-state index in [9.17, 15) is 4.79 Å². The van der Waals surface area contributed by atoms with Crippen LogP contribution in [0.1, 0.15) is 41.7 Å². The van der Waals surface area contributed by atoms with Crippen LogP contribution in [0.5, 0.6) is 0 Å². The molecule has 2 heterocycles. The van der Waals surface area contributed by atoms with Gasteiger partial charge in [-0.25, -0.2) is 0 Å². The van der Waals surface area contributed by atoms with Crippen LogP contribution in [0.4, 0.5) is 5.00 Å². The first-order valence-electron chi connectivity index (χ1n) is 8.28. The number of piperidine rings is 1. The molecule has 1 aliphatic heterocycles. The zero-order chi connectivity index (χ0) is 15.6. The SMILES string of the molecule is COCC1(C(=O)Nc2sc3c(c2C)CCCC3)CCNCC1.Cl. The number of thiophene rings is 1. The maximum atomic E-state index is 12.9. The summed E-state index contributed by atoms with van der Waals surface area (Å²) >= 11 is 1.78. The number of carbonyl (C=O) groups is 1. The van der Waals surface area contributed by atoms with E-state index in [1.807, 2.05) is 0 Å². The molecule has 0 atom stereocenters. The Morgan fingerprint density at radius 3 is 2.65 bits per heavy atom. The van der Waals surface area contributed by atoms with E-state index >= 15 is 0 Å². The summed E-state index contributed by atoms with van der Waals surface area (Å²) in [6.07, 6.45) is 6.58. The molecule has 4 nitrogen and oxygen atoms in total. The summed E-state index contributed by atoms with van der Waals surface area (Å²) in [5, 5.41) is 7.63. The molecule has 1 fully saturated rings. The minimum Gasteiger partial charge on any atom is -0.384 e. The lowest BCUT2D eigenvalue weighted by Gasteiger charge is -2.35. The van der Waals surface area contributed by atoms with Crippen LogP contribution in [0.25, 0.3) is 0 Å². The van der Waals surface area contributed by atoms with Crippen molar-refractivity contribution in [3.63, 3.8) is 0 Å². The van der Waals surface area contributed by atoms with Gasteiger partial charge in [-0.1, -0.05) is 0 Å². The molecule has 6 heteroatoms. The van der Waals surface area contributed by atoms with Gasteiger partial charge in [0, 0.05) is 12.0 Å². The molecule has 3 rings (SSSR count). The highest BCUT2D eigenvalue weighted by Crippen LogP contribution is 2.39. The Balaban J connectivity index is 0.00000192. The molecular weight excluding hydrogens is 332 g/mol. The zero-order valence-corrected chi connectivity index (χ0v) is 15.6. The molecule has 0 unspecified atom stereocenters. The van der Waals surface area contributed by atoms with Crippen molar-refractivity contribution >= 4 is 34.7 Å². The number of fused-ring (bicyclic) bond motifs is 1. The molecule has 0 aromatic carbocycles. The van der Waals surface area contributed by atoms with Crippen molar-refractivity contribution in [1.82, 2.24) is 5.32 Å². The molecule has 2 N–H and O–H groups in total. The molecule has 23 heavy (non-hydrogen) atoms. The summed E-state index contributed by atoms with van der Waals surface area (Å²) in [6.45, 7) is 4.43. The topological polar surface area (TPSA) is 50.4 Å². The standard InChI is InChI=1S/C17H26N2O2S.ClH/c1-12-13-5-3-4-6-14(13)22-15(12)19-16(20)17(11-21-2)7-9-18-10-8-17;/h18H,3-11H2,1-2H3,(H,19,20);1H. The van der Waals surface area contributed by atoms with Crippen LogP contribution in [0.15, 0.2) is 0 Å². The Labute approximate surface area is 148 Å². The van der Waals surface area contributed by atoms with Crippen LogP contribution in [0.2, 0.25) is 0 Å². The molecule has 0 bridgehead atoms. The third-order valence-corrected chi connectivity index (χ3v) is 6.44. The summed E-state index contributed by atoms with van der Waals surface area (Å²) in [5.41, 5.74) is 2.39. The van der Waals surface area contributed by atoms with Crippen LogP contribution in [-0.2, 0) is 22.4 Å². The van der Waals surface area contributed by atoms with Crippen molar-refractivity contribution < 1.29 is 9.53 Å². The molecule has 1 saturated heterocycles. The average molecular weight is 359 g/mol. The van der Waals surface area contributed by atoms with E-state index in [-0.39, 0.29) is 23.7 Å². The molecule has 1 amide bonds. The number of ether oxygens (including phenoxy) is 1. The third kappa shape index (κ3) is 3.73. The second-order valence-electron chi connectivity index (χ2n) is 6.58. The van der Waals surface area contributed by atoms with Crippen LogP contribution in [0.3, 0.4) is 0 Å². The van der Waals surface area contributed by atoms with Crippen molar-refractivity contribution in [3.8, 4) is 0 Å². The zero-order valence-electron chi connectivity index (χ0n) is 14.0. The van der Waals surface area contributed by atoms with Crippen LogP contribution >= 0.6 is 23.7 Å². The number of carbonyl (C=O) groups excluding carboxylic acids is 1. The Morgan fingerprint density at radius 1 is 1.30 bits per heavy atom. The molecule has 0 saturated carbocycles. The van der Waals surface area contributed by atoms with Crippen LogP contribution in [-0.4, -0.2) is 32.7 Å². The van der Waals surface area contributed by atoms with Gasteiger partial charge in [-0.05, 0) is 69.7 Å². The number of hydrogen-bond donors (Lipinski definition) is 2. The van der Waals surface area contributed by atoms with E-state index in [0.29, 0.717) is 6.61 Å². The number of nitrogens with one attached hydrogen (secondary N) is 2. The predicted molar refractivity (Wildman–Crippen MR) is 98.0 cm³/mol. The first kappa shape index (κ1) is 18.7.